The lowest BCUT2D eigenvalue weighted by Crippen LogP contribution is -2.24. The zero-order valence-corrected chi connectivity index (χ0v) is 10.3. The normalized spacial score (nSPS) is 14.8. The molecule has 14 heavy (non-hydrogen) atoms. The molecule has 1 N–H and O–H groups in total. The molecule has 0 amide bonds. The van der Waals surface area contributed by atoms with Crippen LogP contribution in [0.5, 0.6) is 0 Å². The van der Waals surface area contributed by atoms with Gasteiger partial charge in [-0.2, -0.15) is 0 Å². The standard InChI is InChI=1S/C12H26O2/c1-10(2)8-11(9-13)6-7-12(3,4)14-5/h10-11,13H,6-9H2,1-5H3. The molecule has 0 fully saturated rings. The van der Waals surface area contributed by atoms with Crippen LogP contribution in [0.3, 0.4) is 0 Å². The highest BCUT2D eigenvalue weighted by Gasteiger charge is 2.19. The van der Waals surface area contributed by atoms with E-state index in [0.29, 0.717) is 18.4 Å². The maximum atomic E-state index is 9.20. The first-order valence-corrected chi connectivity index (χ1v) is 5.57. The number of aliphatic hydroxyl groups is 1. The zero-order valence-electron chi connectivity index (χ0n) is 10.3. The van der Waals surface area contributed by atoms with Gasteiger partial charge in [-0.05, 0) is 44.9 Å². The Morgan fingerprint density at radius 3 is 2.21 bits per heavy atom. The highest BCUT2D eigenvalue weighted by molar-refractivity contribution is 4.71. The van der Waals surface area contributed by atoms with Crippen molar-refractivity contribution in [3.05, 3.63) is 0 Å². The van der Waals surface area contributed by atoms with E-state index in [4.69, 9.17) is 4.74 Å². The molecule has 2 nitrogen and oxygen atoms in total. The molecule has 0 saturated heterocycles. The molecule has 86 valence electrons. The number of rotatable bonds is 7. The van der Waals surface area contributed by atoms with Crippen LogP contribution in [0.2, 0.25) is 0 Å². The Balaban J connectivity index is 3.83. The third kappa shape index (κ3) is 6.39. The first-order valence-electron chi connectivity index (χ1n) is 5.57. The Morgan fingerprint density at radius 1 is 1.29 bits per heavy atom. The largest absolute Gasteiger partial charge is 0.396 e. The Labute approximate surface area is 88.7 Å². The summed E-state index contributed by atoms with van der Waals surface area (Å²) in [6, 6.07) is 0. The lowest BCUT2D eigenvalue weighted by atomic mass is 9.89. The van der Waals surface area contributed by atoms with Crippen molar-refractivity contribution in [1.82, 2.24) is 0 Å². The SMILES string of the molecule is COC(C)(C)CCC(CO)CC(C)C. The highest BCUT2D eigenvalue weighted by Crippen LogP contribution is 2.23. The fraction of sp³-hybridized carbons (Fsp3) is 1.00. The minimum absolute atomic E-state index is 0.0512. The van der Waals surface area contributed by atoms with Crippen LogP contribution < -0.4 is 0 Å². The second-order valence-corrected chi connectivity index (χ2v) is 5.18. The van der Waals surface area contributed by atoms with E-state index >= 15 is 0 Å². The molecule has 0 aliphatic carbocycles. The molecular formula is C12H26O2. The third-order valence-electron chi connectivity index (χ3n) is 2.77. The predicted molar refractivity (Wildman–Crippen MR) is 60.4 cm³/mol. The van der Waals surface area contributed by atoms with Gasteiger partial charge < -0.3 is 9.84 Å². The first kappa shape index (κ1) is 13.9. The molecule has 0 aromatic rings. The van der Waals surface area contributed by atoms with E-state index < -0.39 is 0 Å². The van der Waals surface area contributed by atoms with Crippen LogP contribution in [0.1, 0.15) is 47.0 Å². The van der Waals surface area contributed by atoms with Crippen molar-refractivity contribution in [3.63, 3.8) is 0 Å². The Morgan fingerprint density at radius 2 is 1.86 bits per heavy atom. The number of ether oxygens (including phenoxy) is 1. The van der Waals surface area contributed by atoms with Crippen molar-refractivity contribution in [2.75, 3.05) is 13.7 Å². The summed E-state index contributed by atoms with van der Waals surface area (Å²) in [7, 11) is 1.75. The Hall–Kier alpha value is -0.0800. The molecule has 0 aromatic carbocycles. The van der Waals surface area contributed by atoms with Crippen molar-refractivity contribution in [1.29, 1.82) is 0 Å². The molecule has 0 radical (unpaired) electrons. The summed E-state index contributed by atoms with van der Waals surface area (Å²) in [6.07, 6.45) is 3.17. The van der Waals surface area contributed by atoms with Crippen LogP contribution in [-0.2, 0) is 4.74 Å². The van der Waals surface area contributed by atoms with E-state index in [-0.39, 0.29) is 5.60 Å². The quantitative estimate of drug-likeness (QED) is 0.688. The summed E-state index contributed by atoms with van der Waals surface area (Å²) in [5.74, 6) is 1.10. The van der Waals surface area contributed by atoms with E-state index in [2.05, 4.69) is 27.7 Å². The van der Waals surface area contributed by atoms with Crippen molar-refractivity contribution in [2.24, 2.45) is 11.8 Å². The van der Waals surface area contributed by atoms with Crippen molar-refractivity contribution in [3.8, 4) is 0 Å². The van der Waals surface area contributed by atoms with Crippen LogP contribution in [0.15, 0.2) is 0 Å². The Bertz CT molecular complexity index is 141. The molecule has 0 heterocycles. The summed E-state index contributed by atoms with van der Waals surface area (Å²) in [5.41, 5.74) is -0.0512. The summed E-state index contributed by atoms with van der Waals surface area (Å²) >= 11 is 0. The lowest BCUT2D eigenvalue weighted by Gasteiger charge is -2.25. The average molecular weight is 202 g/mol. The van der Waals surface area contributed by atoms with Crippen LogP contribution in [0.25, 0.3) is 0 Å². The van der Waals surface area contributed by atoms with E-state index in [1.807, 2.05) is 0 Å². The molecule has 0 aliphatic rings. The van der Waals surface area contributed by atoms with Gasteiger partial charge >= 0.3 is 0 Å². The van der Waals surface area contributed by atoms with E-state index in [1.54, 1.807) is 7.11 Å². The second-order valence-electron chi connectivity index (χ2n) is 5.18. The van der Waals surface area contributed by atoms with Crippen molar-refractivity contribution in [2.45, 2.75) is 52.6 Å². The summed E-state index contributed by atoms with van der Waals surface area (Å²) < 4.78 is 5.36. The molecule has 0 saturated carbocycles. The maximum absolute atomic E-state index is 9.20. The topological polar surface area (TPSA) is 29.5 Å². The molecular weight excluding hydrogens is 176 g/mol. The average Bonchev–Trinajstić information content (AvgIpc) is 2.12. The van der Waals surface area contributed by atoms with E-state index in [0.717, 1.165) is 19.3 Å². The molecule has 1 unspecified atom stereocenters. The van der Waals surface area contributed by atoms with Gasteiger partial charge in [0.05, 0.1) is 5.60 Å². The van der Waals surface area contributed by atoms with Crippen molar-refractivity contribution < 1.29 is 9.84 Å². The summed E-state index contributed by atoms with van der Waals surface area (Å²) in [5, 5.41) is 9.20. The van der Waals surface area contributed by atoms with E-state index in [1.165, 1.54) is 0 Å². The van der Waals surface area contributed by atoms with Gasteiger partial charge in [0, 0.05) is 13.7 Å². The number of hydrogen-bond donors (Lipinski definition) is 1. The van der Waals surface area contributed by atoms with Gasteiger partial charge in [0.1, 0.15) is 0 Å². The zero-order chi connectivity index (χ0) is 11.2. The van der Waals surface area contributed by atoms with Gasteiger partial charge in [-0.15, -0.1) is 0 Å². The molecule has 2 heteroatoms. The number of methoxy groups -OCH3 is 1. The minimum atomic E-state index is -0.0512. The predicted octanol–water partition coefficient (Wildman–Crippen LogP) is 2.85. The Kier molecular flexibility index (Phi) is 6.38. The third-order valence-corrected chi connectivity index (χ3v) is 2.77. The van der Waals surface area contributed by atoms with Crippen LogP contribution in [0, 0.1) is 11.8 Å². The van der Waals surface area contributed by atoms with Crippen molar-refractivity contribution >= 4 is 0 Å². The molecule has 0 spiro atoms. The van der Waals surface area contributed by atoms with E-state index in [9.17, 15) is 5.11 Å². The van der Waals surface area contributed by atoms with Gasteiger partial charge in [0.25, 0.3) is 0 Å². The molecule has 0 rings (SSSR count). The van der Waals surface area contributed by atoms with Crippen LogP contribution in [-0.4, -0.2) is 24.4 Å². The molecule has 0 aromatic heterocycles. The van der Waals surface area contributed by atoms with Gasteiger partial charge in [-0.3, -0.25) is 0 Å². The van der Waals surface area contributed by atoms with Crippen LogP contribution >= 0.6 is 0 Å². The van der Waals surface area contributed by atoms with Gasteiger partial charge in [0.15, 0.2) is 0 Å². The number of hydrogen-bond acceptors (Lipinski definition) is 2. The van der Waals surface area contributed by atoms with Gasteiger partial charge in [0.2, 0.25) is 0 Å². The molecule has 1 atom stereocenters. The fourth-order valence-electron chi connectivity index (χ4n) is 1.60. The molecule has 0 bridgehead atoms. The summed E-state index contributed by atoms with van der Waals surface area (Å²) in [4.78, 5) is 0. The van der Waals surface area contributed by atoms with Gasteiger partial charge in [-0.25, -0.2) is 0 Å². The van der Waals surface area contributed by atoms with Crippen LogP contribution in [0.4, 0.5) is 0 Å². The second kappa shape index (κ2) is 6.41. The lowest BCUT2D eigenvalue weighted by molar-refractivity contribution is 0.00729. The fourth-order valence-corrected chi connectivity index (χ4v) is 1.60. The monoisotopic (exact) mass is 202 g/mol. The smallest absolute Gasteiger partial charge is 0.0622 e. The number of aliphatic hydroxyl groups excluding tert-OH is 1. The molecule has 0 aliphatic heterocycles. The minimum Gasteiger partial charge on any atom is -0.396 e. The maximum Gasteiger partial charge on any atom is 0.0622 e. The first-order chi connectivity index (χ1) is 6.41. The highest BCUT2D eigenvalue weighted by atomic mass is 16.5. The summed E-state index contributed by atoms with van der Waals surface area (Å²) in [6.45, 7) is 8.89. The van der Waals surface area contributed by atoms with Gasteiger partial charge in [-0.1, -0.05) is 13.8 Å².